The molecule has 7 heteroatoms. The Bertz CT molecular complexity index is 493. The van der Waals surface area contributed by atoms with E-state index in [-0.39, 0.29) is 24.7 Å². The van der Waals surface area contributed by atoms with E-state index < -0.39 is 6.10 Å². The van der Waals surface area contributed by atoms with Crippen molar-refractivity contribution in [2.24, 2.45) is 0 Å². The summed E-state index contributed by atoms with van der Waals surface area (Å²) in [5, 5.41) is 16.4. The van der Waals surface area contributed by atoms with Crippen LogP contribution in [0.3, 0.4) is 0 Å². The van der Waals surface area contributed by atoms with E-state index in [2.05, 4.69) is 10.6 Å². The number of aliphatic hydroxyl groups excluding tert-OH is 1. The molecule has 3 N–H and O–H groups in total. The Kier molecular flexibility index (Phi) is 5.70. The molecule has 1 fully saturated rings. The third kappa shape index (κ3) is 4.74. The fraction of sp³-hybridized carbons (Fsp3) is 0.500. The van der Waals surface area contributed by atoms with Crippen molar-refractivity contribution in [3.05, 3.63) is 33.8 Å². The van der Waals surface area contributed by atoms with Crippen molar-refractivity contribution in [3.8, 4) is 0 Å². The Morgan fingerprint density at radius 3 is 2.67 bits per heavy atom. The van der Waals surface area contributed by atoms with E-state index >= 15 is 0 Å². The minimum Gasteiger partial charge on any atom is -0.387 e. The van der Waals surface area contributed by atoms with Crippen molar-refractivity contribution in [1.82, 2.24) is 10.6 Å². The van der Waals surface area contributed by atoms with Crippen LogP contribution in [0.1, 0.15) is 25.0 Å². The monoisotopic (exact) mass is 332 g/mol. The highest BCUT2D eigenvalue weighted by Gasteiger charge is 2.25. The molecular formula is C14H18Cl2N2O3. The second-order valence-corrected chi connectivity index (χ2v) is 5.92. The second-order valence-electron chi connectivity index (χ2n) is 5.04. The summed E-state index contributed by atoms with van der Waals surface area (Å²) in [7, 11) is 0. The lowest BCUT2D eigenvalue weighted by Gasteiger charge is -2.18. The number of ether oxygens (including phenoxy) is 1. The molecule has 116 valence electrons. The zero-order chi connectivity index (χ0) is 15.4. The first-order chi connectivity index (χ1) is 9.95. The number of aliphatic hydroxyl groups is 1. The van der Waals surface area contributed by atoms with E-state index in [0.29, 0.717) is 22.2 Å². The summed E-state index contributed by atoms with van der Waals surface area (Å²) in [4.78, 5) is 11.8. The van der Waals surface area contributed by atoms with Crippen molar-refractivity contribution >= 4 is 29.2 Å². The molecule has 5 nitrogen and oxygen atoms in total. The maximum Gasteiger partial charge on any atom is 0.315 e. The molecule has 1 aromatic carbocycles. The number of halogens is 2. The number of urea groups is 1. The molecule has 0 bridgehead atoms. The predicted octanol–water partition coefficient (Wildman–Crippen LogP) is 2.50. The van der Waals surface area contributed by atoms with Crippen molar-refractivity contribution < 1.29 is 14.6 Å². The minimum absolute atomic E-state index is 0.00255. The molecule has 1 aliphatic rings. The highest BCUT2D eigenvalue weighted by atomic mass is 35.5. The Hall–Kier alpha value is -1.01. The van der Waals surface area contributed by atoms with Crippen molar-refractivity contribution in [1.29, 1.82) is 0 Å². The Labute approximate surface area is 133 Å². The van der Waals surface area contributed by atoms with Gasteiger partial charge in [-0.25, -0.2) is 4.79 Å². The molecule has 2 amide bonds. The molecule has 0 aliphatic carbocycles. The van der Waals surface area contributed by atoms with Gasteiger partial charge in [-0.15, -0.1) is 0 Å². The normalized spacial score (nSPS) is 22.9. The van der Waals surface area contributed by atoms with Gasteiger partial charge in [-0.3, -0.25) is 0 Å². The van der Waals surface area contributed by atoms with Gasteiger partial charge in [0.25, 0.3) is 0 Å². The third-order valence-electron chi connectivity index (χ3n) is 3.42. The summed E-state index contributed by atoms with van der Waals surface area (Å²) in [5.74, 6) is 0. The first-order valence-corrected chi connectivity index (χ1v) is 7.51. The van der Waals surface area contributed by atoms with Crippen LogP contribution < -0.4 is 10.6 Å². The molecule has 3 unspecified atom stereocenters. The average molecular weight is 333 g/mol. The molecular weight excluding hydrogens is 315 g/mol. The largest absolute Gasteiger partial charge is 0.387 e. The average Bonchev–Trinajstić information content (AvgIpc) is 2.80. The smallest absolute Gasteiger partial charge is 0.315 e. The quantitative estimate of drug-likeness (QED) is 0.793. The van der Waals surface area contributed by atoms with E-state index in [9.17, 15) is 9.90 Å². The van der Waals surface area contributed by atoms with Gasteiger partial charge in [-0.1, -0.05) is 23.2 Å². The van der Waals surface area contributed by atoms with E-state index in [4.69, 9.17) is 27.9 Å². The first kappa shape index (κ1) is 16.4. The van der Waals surface area contributed by atoms with Gasteiger partial charge in [-0.05, 0) is 37.1 Å². The van der Waals surface area contributed by atoms with Crippen molar-refractivity contribution in [2.45, 2.75) is 31.6 Å². The van der Waals surface area contributed by atoms with Crippen LogP contribution in [0.5, 0.6) is 0 Å². The van der Waals surface area contributed by atoms with Crippen LogP contribution in [-0.4, -0.2) is 36.4 Å². The summed E-state index contributed by atoms with van der Waals surface area (Å²) in [6.07, 6.45) is -0.0715. The number of carbonyl (C=O) groups excluding carboxylic acids is 1. The number of hydrogen-bond donors (Lipinski definition) is 3. The van der Waals surface area contributed by atoms with Gasteiger partial charge in [0, 0.05) is 23.2 Å². The molecule has 2 rings (SSSR count). The number of carbonyl (C=O) groups is 1. The van der Waals surface area contributed by atoms with Crippen LogP contribution in [0.4, 0.5) is 4.79 Å². The van der Waals surface area contributed by atoms with Gasteiger partial charge in [0.05, 0.1) is 18.2 Å². The maximum absolute atomic E-state index is 11.8. The van der Waals surface area contributed by atoms with Crippen LogP contribution in [0.2, 0.25) is 10.0 Å². The van der Waals surface area contributed by atoms with E-state index in [0.717, 1.165) is 6.42 Å². The lowest BCUT2D eigenvalue weighted by atomic mass is 10.1. The Morgan fingerprint density at radius 2 is 2.10 bits per heavy atom. The molecule has 1 heterocycles. The second kappa shape index (κ2) is 7.31. The van der Waals surface area contributed by atoms with E-state index in [1.54, 1.807) is 18.2 Å². The number of rotatable bonds is 4. The SMILES string of the molecule is CC1OCCC1NC(=O)NCC(O)c1cc(Cl)cc(Cl)c1. The highest BCUT2D eigenvalue weighted by molar-refractivity contribution is 6.34. The molecule has 1 aliphatic heterocycles. The fourth-order valence-corrected chi connectivity index (χ4v) is 2.76. The van der Waals surface area contributed by atoms with E-state index in [1.807, 2.05) is 6.92 Å². The molecule has 0 radical (unpaired) electrons. The van der Waals surface area contributed by atoms with Gasteiger partial charge >= 0.3 is 6.03 Å². The van der Waals surface area contributed by atoms with Gasteiger partial charge in [-0.2, -0.15) is 0 Å². The molecule has 1 saturated heterocycles. The number of hydrogen-bond acceptors (Lipinski definition) is 3. The Balaban J connectivity index is 1.82. The van der Waals surface area contributed by atoms with Crippen LogP contribution in [0.25, 0.3) is 0 Å². The topological polar surface area (TPSA) is 70.6 Å². The molecule has 0 saturated carbocycles. The molecule has 0 spiro atoms. The van der Waals surface area contributed by atoms with Gasteiger partial charge in [0.1, 0.15) is 0 Å². The summed E-state index contributed by atoms with van der Waals surface area (Å²) in [6.45, 7) is 2.64. The number of benzene rings is 1. The van der Waals surface area contributed by atoms with Crippen molar-refractivity contribution in [2.75, 3.05) is 13.2 Å². The number of amides is 2. The zero-order valence-corrected chi connectivity index (χ0v) is 13.1. The van der Waals surface area contributed by atoms with Crippen LogP contribution in [0.15, 0.2) is 18.2 Å². The van der Waals surface area contributed by atoms with Gasteiger partial charge in [0.2, 0.25) is 0 Å². The Morgan fingerprint density at radius 1 is 1.43 bits per heavy atom. The van der Waals surface area contributed by atoms with Gasteiger partial charge < -0.3 is 20.5 Å². The lowest BCUT2D eigenvalue weighted by Crippen LogP contribution is -2.45. The summed E-state index contributed by atoms with van der Waals surface area (Å²) in [5.41, 5.74) is 0.561. The predicted molar refractivity (Wildman–Crippen MR) is 81.8 cm³/mol. The molecule has 3 atom stereocenters. The third-order valence-corrected chi connectivity index (χ3v) is 3.85. The minimum atomic E-state index is -0.871. The fourth-order valence-electron chi connectivity index (χ4n) is 2.22. The van der Waals surface area contributed by atoms with E-state index in [1.165, 1.54) is 0 Å². The first-order valence-electron chi connectivity index (χ1n) is 6.75. The zero-order valence-electron chi connectivity index (χ0n) is 11.6. The van der Waals surface area contributed by atoms with Crippen molar-refractivity contribution in [3.63, 3.8) is 0 Å². The van der Waals surface area contributed by atoms with Crippen LogP contribution in [0, 0.1) is 0 Å². The maximum atomic E-state index is 11.8. The summed E-state index contributed by atoms with van der Waals surface area (Å²) < 4.78 is 5.37. The van der Waals surface area contributed by atoms with Crippen LogP contribution in [-0.2, 0) is 4.74 Å². The standard InChI is InChI=1S/C14H18Cl2N2O3/c1-8-12(2-3-21-8)18-14(20)17-7-13(19)9-4-10(15)6-11(16)5-9/h4-6,8,12-13,19H,2-3,7H2,1H3,(H2,17,18,20). The molecule has 1 aromatic rings. The van der Waals surface area contributed by atoms with Crippen LogP contribution >= 0.6 is 23.2 Å². The lowest BCUT2D eigenvalue weighted by molar-refractivity contribution is 0.113. The molecule has 21 heavy (non-hydrogen) atoms. The highest BCUT2D eigenvalue weighted by Crippen LogP contribution is 2.23. The van der Waals surface area contributed by atoms with Gasteiger partial charge in [0.15, 0.2) is 0 Å². The molecule has 0 aromatic heterocycles. The number of nitrogens with one attached hydrogen (secondary N) is 2. The summed E-state index contributed by atoms with van der Waals surface area (Å²) >= 11 is 11.8. The summed E-state index contributed by atoms with van der Waals surface area (Å²) in [6, 6.07) is 4.49.